The first-order chi connectivity index (χ1) is 17.8. The normalized spacial score (nSPS) is 29.0. The topological polar surface area (TPSA) is 168 Å². The van der Waals surface area contributed by atoms with E-state index in [1.807, 2.05) is 12.1 Å². The second kappa shape index (κ2) is 11.8. The fourth-order valence-electron chi connectivity index (χ4n) is 4.80. The molecule has 0 aromatic heterocycles. The number of aryl methyl sites for hydroxylation is 1. The van der Waals surface area contributed by atoms with E-state index in [0.717, 1.165) is 16.7 Å². The molecule has 0 radical (unpaired) electrons. The lowest BCUT2D eigenvalue weighted by atomic mass is 9.90. The molecule has 1 saturated heterocycles. The van der Waals surface area contributed by atoms with Crippen molar-refractivity contribution in [2.45, 2.75) is 55.6 Å². The summed E-state index contributed by atoms with van der Waals surface area (Å²) in [5, 5.41) is 59.4. The summed E-state index contributed by atoms with van der Waals surface area (Å²) >= 11 is 0. The van der Waals surface area contributed by atoms with Gasteiger partial charge in [0.15, 0.2) is 29.3 Å². The van der Waals surface area contributed by atoms with Crippen LogP contribution in [0.2, 0.25) is 0 Å². The molecule has 0 unspecified atom stereocenters. The second-order valence-corrected chi connectivity index (χ2v) is 9.15. The quantitative estimate of drug-likeness (QED) is 0.239. The maximum Gasteiger partial charge on any atom is 0.186 e. The van der Waals surface area contributed by atoms with E-state index in [1.165, 1.54) is 20.3 Å². The minimum atomic E-state index is -1.49. The minimum absolute atomic E-state index is 0.00751. The predicted molar refractivity (Wildman–Crippen MR) is 129 cm³/mol. The van der Waals surface area contributed by atoms with Gasteiger partial charge >= 0.3 is 0 Å². The van der Waals surface area contributed by atoms with Gasteiger partial charge in [0.05, 0.1) is 40.0 Å². The van der Waals surface area contributed by atoms with Crippen molar-refractivity contribution in [3.63, 3.8) is 0 Å². The van der Waals surface area contributed by atoms with Crippen molar-refractivity contribution in [3.05, 3.63) is 47.0 Å². The third-order valence-electron chi connectivity index (χ3n) is 6.84. The molecule has 11 nitrogen and oxygen atoms in total. The van der Waals surface area contributed by atoms with Gasteiger partial charge in [0, 0.05) is 5.56 Å². The van der Waals surface area contributed by atoms with E-state index in [2.05, 4.69) is 0 Å². The van der Waals surface area contributed by atoms with Gasteiger partial charge in [0.25, 0.3) is 0 Å². The van der Waals surface area contributed by atoms with Crippen LogP contribution in [0.5, 0.6) is 23.0 Å². The molecular weight excluding hydrogens is 488 g/mol. The fourth-order valence-corrected chi connectivity index (χ4v) is 4.80. The van der Waals surface area contributed by atoms with Crippen LogP contribution in [0.15, 0.2) is 30.3 Å². The van der Waals surface area contributed by atoms with E-state index >= 15 is 0 Å². The van der Waals surface area contributed by atoms with Crippen molar-refractivity contribution in [2.24, 2.45) is 0 Å². The number of aliphatic hydroxyl groups excluding tert-OH is 5. The number of hydrogen-bond acceptors (Lipinski definition) is 11. The smallest absolute Gasteiger partial charge is 0.186 e. The standard InChI is InChI=1S/C26H34O11/c1-33-18-10-14(5-6-17(18)29)24-16(11-27)15-8-13(9-19(34-2)25(15)37-24)4-3-7-35-26-23(32)22(31)21(30)20(12-28)36-26/h5-6,8-10,16,20-24,26-32H,3-4,7,11-12H2,1-2H3/t16-,20+,21+,22-,23+,24-,26-/m0/s1. The summed E-state index contributed by atoms with van der Waals surface area (Å²) in [4.78, 5) is 0. The molecule has 2 aliphatic heterocycles. The summed E-state index contributed by atoms with van der Waals surface area (Å²) < 4.78 is 27.9. The Hall–Kier alpha value is -2.64. The van der Waals surface area contributed by atoms with Crippen LogP contribution in [-0.4, -0.2) is 95.4 Å². The molecule has 2 heterocycles. The Kier molecular flexibility index (Phi) is 8.75. The maximum atomic E-state index is 10.2. The molecule has 0 spiro atoms. The lowest BCUT2D eigenvalue weighted by Gasteiger charge is -2.39. The van der Waals surface area contributed by atoms with E-state index in [0.29, 0.717) is 30.1 Å². The number of phenols is 1. The van der Waals surface area contributed by atoms with E-state index in [4.69, 9.17) is 23.7 Å². The molecule has 2 aliphatic rings. The molecular formula is C26H34O11. The number of methoxy groups -OCH3 is 2. The molecule has 1 fully saturated rings. The predicted octanol–water partition coefficient (Wildman–Crippen LogP) is 0.368. The third-order valence-corrected chi connectivity index (χ3v) is 6.84. The molecule has 4 rings (SSSR count). The van der Waals surface area contributed by atoms with E-state index in [-0.39, 0.29) is 24.9 Å². The van der Waals surface area contributed by atoms with Crippen LogP contribution in [-0.2, 0) is 15.9 Å². The van der Waals surface area contributed by atoms with Crippen LogP contribution >= 0.6 is 0 Å². The Bertz CT molecular complexity index is 1060. The highest BCUT2D eigenvalue weighted by molar-refractivity contribution is 5.56. The zero-order valence-corrected chi connectivity index (χ0v) is 20.7. The first kappa shape index (κ1) is 27.4. The molecule has 204 valence electrons. The number of rotatable bonds is 10. The van der Waals surface area contributed by atoms with Crippen molar-refractivity contribution < 1.29 is 54.3 Å². The van der Waals surface area contributed by atoms with Gasteiger partial charge in [-0.1, -0.05) is 12.1 Å². The number of hydrogen-bond donors (Lipinski definition) is 6. The van der Waals surface area contributed by atoms with Gasteiger partial charge in [-0.2, -0.15) is 0 Å². The van der Waals surface area contributed by atoms with Gasteiger partial charge in [-0.15, -0.1) is 0 Å². The van der Waals surface area contributed by atoms with Crippen LogP contribution in [0.4, 0.5) is 0 Å². The van der Waals surface area contributed by atoms with Crippen LogP contribution in [0, 0.1) is 0 Å². The van der Waals surface area contributed by atoms with Gasteiger partial charge in [0.2, 0.25) is 0 Å². The van der Waals surface area contributed by atoms with Crippen molar-refractivity contribution in [2.75, 3.05) is 34.0 Å². The van der Waals surface area contributed by atoms with Gasteiger partial charge < -0.3 is 54.3 Å². The lowest BCUT2D eigenvalue weighted by Crippen LogP contribution is -2.59. The Balaban J connectivity index is 1.44. The SMILES string of the molecule is COc1cc([C@@H]2Oc3c(OC)cc(CCCO[C@H]4O[C@H](CO)[C@@H](O)[C@H](O)[C@H]4O)cc3[C@@H]2CO)ccc1O. The van der Waals surface area contributed by atoms with Gasteiger partial charge in [-0.3, -0.25) is 0 Å². The van der Waals surface area contributed by atoms with Crippen LogP contribution < -0.4 is 14.2 Å². The first-order valence-electron chi connectivity index (χ1n) is 12.1. The minimum Gasteiger partial charge on any atom is -0.504 e. The van der Waals surface area contributed by atoms with Gasteiger partial charge in [0.1, 0.15) is 30.5 Å². The molecule has 0 bridgehead atoms. The van der Waals surface area contributed by atoms with Crippen molar-refractivity contribution in [1.82, 2.24) is 0 Å². The molecule has 6 N–H and O–H groups in total. The Morgan fingerprint density at radius 3 is 2.32 bits per heavy atom. The second-order valence-electron chi connectivity index (χ2n) is 9.15. The van der Waals surface area contributed by atoms with Crippen LogP contribution in [0.3, 0.4) is 0 Å². The molecule has 0 aliphatic carbocycles. The number of aliphatic hydroxyl groups is 5. The average molecular weight is 523 g/mol. The Morgan fingerprint density at radius 1 is 0.892 bits per heavy atom. The monoisotopic (exact) mass is 522 g/mol. The highest BCUT2D eigenvalue weighted by Crippen LogP contribution is 2.51. The number of ether oxygens (including phenoxy) is 5. The highest BCUT2D eigenvalue weighted by atomic mass is 16.7. The summed E-state index contributed by atoms with van der Waals surface area (Å²) in [5.74, 6) is 1.01. The van der Waals surface area contributed by atoms with Crippen LogP contribution in [0.1, 0.15) is 35.1 Å². The number of benzene rings is 2. The molecule has 7 atom stereocenters. The molecule has 11 heteroatoms. The van der Waals surface area contributed by atoms with E-state index in [9.17, 15) is 30.6 Å². The van der Waals surface area contributed by atoms with Gasteiger partial charge in [-0.25, -0.2) is 0 Å². The third kappa shape index (κ3) is 5.48. The Labute approximate surface area is 214 Å². The van der Waals surface area contributed by atoms with Gasteiger partial charge in [-0.05, 0) is 42.2 Å². The summed E-state index contributed by atoms with van der Waals surface area (Å²) in [6.07, 6.45) is -6.00. The number of fused-ring (bicyclic) bond motifs is 1. The summed E-state index contributed by atoms with van der Waals surface area (Å²) in [6, 6.07) is 8.72. The van der Waals surface area contributed by atoms with Crippen molar-refractivity contribution in [1.29, 1.82) is 0 Å². The van der Waals surface area contributed by atoms with Crippen molar-refractivity contribution in [3.8, 4) is 23.0 Å². The lowest BCUT2D eigenvalue weighted by molar-refractivity contribution is -0.301. The number of phenolic OH excluding ortho intramolecular Hbond substituents is 1. The summed E-state index contributed by atoms with van der Waals surface area (Å²) in [6.45, 7) is -0.516. The molecule has 37 heavy (non-hydrogen) atoms. The zero-order valence-electron chi connectivity index (χ0n) is 20.7. The van der Waals surface area contributed by atoms with Crippen molar-refractivity contribution >= 4 is 0 Å². The van der Waals surface area contributed by atoms with E-state index < -0.39 is 43.4 Å². The first-order valence-corrected chi connectivity index (χ1v) is 12.1. The molecule has 0 saturated carbocycles. The Morgan fingerprint density at radius 2 is 1.65 bits per heavy atom. The average Bonchev–Trinajstić information content (AvgIpc) is 3.29. The van der Waals surface area contributed by atoms with Crippen LogP contribution in [0.25, 0.3) is 0 Å². The molecule has 2 aromatic rings. The fraction of sp³-hybridized carbons (Fsp3) is 0.538. The largest absolute Gasteiger partial charge is 0.504 e. The number of aromatic hydroxyl groups is 1. The van der Waals surface area contributed by atoms with E-state index in [1.54, 1.807) is 12.1 Å². The molecule has 0 amide bonds. The summed E-state index contributed by atoms with van der Waals surface area (Å²) in [5.41, 5.74) is 2.45. The maximum absolute atomic E-state index is 10.2. The zero-order chi connectivity index (χ0) is 26.7. The molecule has 2 aromatic carbocycles. The summed E-state index contributed by atoms with van der Waals surface area (Å²) in [7, 11) is 3.00. The highest BCUT2D eigenvalue weighted by Gasteiger charge is 2.44.